The van der Waals surface area contributed by atoms with E-state index in [-0.39, 0.29) is 5.56 Å². The molecule has 88 valence electrons. The third kappa shape index (κ3) is 3.86. The van der Waals surface area contributed by atoms with Gasteiger partial charge in [0.25, 0.3) is 0 Å². The van der Waals surface area contributed by atoms with Crippen LogP contribution in [-0.2, 0) is 4.74 Å². The Balaban J connectivity index is 2.44. The first-order chi connectivity index (χ1) is 7.75. The van der Waals surface area contributed by atoms with Gasteiger partial charge < -0.3 is 15.2 Å². The minimum absolute atomic E-state index is 0.193. The third-order valence-corrected chi connectivity index (χ3v) is 2.04. The number of nitrogens with zero attached hydrogens (tertiary/aromatic N) is 1. The van der Waals surface area contributed by atoms with Crippen LogP contribution in [0.2, 0.25) is 0 Å². The largest absolute Gasteiger partial charge is 0.478 e. The van der Waals surface area contributed by atoms with E-state index in [1.807, 2.05) is 6.92 Å². The second kappa shape index (κ2) is 6.79. The number of anilines is 1. The van der Waals surface area contributed by atoms with Crippen LogP contribution in [0.3, 0.4) is 0 Å². The minimum atomic E-state index is -0.972. The van der Waals surface area contributed by atoms with Crippen LogP contribution in [0, 0.1) is 0 Å². The molecule has 0 fully saturated rings. The number of rotatable bonds is 7. The zero-order chi connectivity index (χ0) is 11.8. The van der Waals surface area contributed by atoms with E-state index in [9.17, 15) is 4.79 Å². The second-order valence-electron chi connectivity index (χ2n) is 3.20. The first-order valence-corrected chi connectivity index (χ1v) is 5.24. The Hall–Kier alpha value is -1.62. The molecule has 5 heteroatoms. The second-order valence-corrected chi connectivity index (χ2v) is 3.20. The molecular weight excluding hydrogens is 208 g/mol. The van der Waals surface area contributed by atoms with Crippen molar-refractivity contribution in [1.29, 1.82) is 0 Å². The van der Waals surface area contributed by atoms with Gasteiger partial charge in [-0.15, -0.1) is 0 Å². The lowest BCUT2D eigenvalue weighted by atomic mass is 10.2. The summed E-state index contributed by atoms with van der Waals surface area (Å²) in [5, 5.41) is 12.0. The molecule has 16 heavy (non-hydrogen) atoms. The molecule has 0 aliphatic rings. The fourth-order valence-electron chi connectivity index (χ4n) is 1.26. The molecule has 0 aromatic carbocycles. The van der Waals surface area contributed by atoms with Crippen LogP contribution < -0.4 is 5.32 Å². The number of ether oxygens (including phenoxy) is 1. The summed E-state index contributed by atoms with van der Waals surface area (Å²) in [5.41, 5.74) is 0.790. The van der Waals surface area contributed by atoms with Gasteiger partial charge in [0.05, 0.1) is 5.69 Å². The molecule has 0 unspecified atom stereocenters. The van der Waals surface area contributed by atoms with Crippen molar-refractivity contribution in [2.24, 2.45) is 0 Å². The van der Waals surface area contributed by atoms with Crippen LogP contribution in [0.1, 0.15) is 23.7 Å². The number of hydrogen-bond donors (Lipinski definition) is 2. The highest BCUT2D eigenvalue weighted by molar-refractivity contribution is 5.93. The minimum Gasteiger partial charge on any atom is -0.478 e. The molecule has 5 nitrogen and oxygen atoms in total. The molecule has 0 saturated carbocycles. The van der Waals surface area contributed by atoms with Crippen molar-refractivity contribution >= 4 is 11.7 Å². The van der Waals surface area contributed by atoms with Gasteiger partial charge in [0, 0.05) is 32.2 Å². The molecule has 0 aliphatic heterocycles. The monoisotopic (exact) mass is 224 g/mol. The lowest BCUT2D eigenvalue weighted by Crippen LogP contribution is -2.09. The number of nitrogens with one attached hydrogen (secondary N) is 1. The van der Waals surface area contributed by atoms with Crippen LogP contribution in [0.25, 0.3) is 0 Å². The lowest BCUT2D eigenvalue weighted by molar-refractivity contribution is 0.0697. The molecule has 0 aliphatic carbocycles. The van der Waals surface area contributed by atoms with E-state index < -0.39 is 5.97 Å². The number of carboxylic acid groups (broad SMARTS) is 1. The summed E-state index contributed by atoms with van der Waals surface area (Å²) < 4.78 is 5.18. The highest BCUT2D eigenvalue weighted by Gasteiger charge is 2.08. The fourth-order valence-corrected chi connectivity index (χ4v) is 1.26. The summed E-state index contributed by atoms with van der Waals surface area (Å²) >= 11 is 0. The Bertz CT molecular complexity index is 342. The lowest BCUT2D eigenvalue weighted by Gasteiger charge is -2.08. The van der Waals surface area contributed by atoms with Crippen molar-refractivity contribution in [3.05, 3.63) is 24.0 Å². The smallest absolute Gasteiger partial charge is 0.339 e. The first kappa shape index (κ1) is 12.4. The zero-order valence-electron chi connectivity index (χ0n) is 9.27. The number of pyridine rings is 1. The third-order valence-electron chi connectivity index (χ3n) is 2.04. The van der Waals surface area contributed by atoms with Gasteiger partial charge in [-0.05, 0) is 19.4 Å². The maximum Gasteiger partial charge on any atom is 0.339 e. The number of carbonyl (C=O) groups is 1. The zero-order valence-corrected chi connectivity index (χ0v) is 9.27. The van der Waals surface area contributed by atoms with Gasteiger partial charge in [-0.25, -0.2) is 4.79 Å². The summed E-state index contributed by atoms with van der Waals surface area (Å²) in [5.74, 6) is -0.972. The van der Waals surface area contributed by atoms with E-state index in [2.05, 4.69) is 10.3 Å². The maximum atomic E-state index is 10.9. The number of aromatic carboxylic acids is 1. The van der Waals surface area contributed by atoms with E-state index in [0.29, 0.717) is 25.4 Å². The van der Waals surface area contributed by atoms with Gasteiger partial charge >= 0.3 is 5.97 Å². The van der Waals surface area contributed by atoms with Gasteiger partial charge in [-0.2, -0.15) is 0 Å². The SMILES string of the molecule is CCOCCCNc1ccncc1C(=O)O. The molecule has 0 atom stereocenters. The van der Waals surface area contributed by atoms with Gasteiger partial charge in [-0.3, -0.25) is 4.98 Å². The van der Waals surface area contributed by atoms with Crippen molar-refractivity contribution in [3.63, 3.8) is 0 Å². The predicted molar refractivity (Wildman–Crippen MR) is 60.8 cm³/mol. The van der Waals surface area contributed by atoms with Gasteiger partial charge in [0.2, 0.25) is 0 Å². The van der Waals surface area contributed by atoms with E-state index in [4.69, 9.17) is 9.84 Å². The average molecular weight is 224 g/mol. The maximum absolute atomic E-state index is 10.9. The standard InChI is InChI=1S/C11H16N2O3/c1-2-16-7-3-5-13-10-4-6-12-8-9(10)11(14)15/h4,6,8H,2-3,5,7H2,1H3,(H,12,13)(H,14,15). The number of aromatic nitrogens is 1. The molecule has 0 bridgehead atoms. The Kier molecular flexibility index (Phi) is 5.28. The molecular formula is C11H16N2O3. The normalized spacial score (nSPS) is 10.1. The van der Waals surface area contributed by atoms with Crippen molar-refractivity contribution in [3.8, 4) is 0 Å². The summed E-state index contributed by atoms with van der Waals surface area (Å²) in [6.07, 6.45) is 3.75. The van der Waals surface area contributed by atoms with E-state index >= 15 is 0 Å². The van der Waals surface area contributed by atoms with Gasteiger partial charge in [0.1, 0.15) is 5.56 Å². The van der Waals surface area contributed by atoms with Gasteiger partial charge in [-0.1, -0.05) is 0 Å². The number of carboxylic acids is 1. The molecule has 0 amide bonds. The fraction of sp³-hybridized carbons (Fsp3) is 0.455. The molecule has 0 saturated heterocycles. The summed E-state index contributed by atoms with van der Waals surface area (Å²) in [6.45, 7) is 4.01. The molecule has 1 rings (SSSR count). The summed E-state index contributed by atoms with van der Waals surface area (Å²) in [6, 6.07) is 1.66. The van der Waals surface area contributed by atoms with Crippen LogP contribution in [0.4, 0.5) is 5.69 Å². The molecule has 1 heterocycles. The van der Waals surface area contributed by atoms with Crippen molar-refractivity contribution < 1.29 is 14.6 Å². The Morgan fingerprint density at radius 1 is 1.62 bits per heavy atom. The summed E-state index contributed by atoms with van der Waals surface area (Å²) in [7, 11) is 0. The van der Waals surface area contributed by atoms with Gasteiger partial charge in [0.15, 0.2) is 0 Å². The first-order valence-electron chi connectivity index (χ1n) is 5.24. The Labute approximate surface area is 94.5 Å². The van der Waals surface area contributed by atoms with Crippen molar-refractivity contribution in [1.82, 2.24) is 4.98 Å². The molecule has 2 N–H and O–H groups in total. The predicted octanol–water partition coefficient (Wildman–Crippen LogP) is 1.62. The van der Waals surface area contributed by atoms with Crippen LogP contribution in [0.15, 0.2) is 18.5 Å². The molecule has 0 spiro atoms. The Morgan fingerprint density at radius 3 is 3.12 bits per heavy atom. The summed E-state index contributed by atoms with van der Waals surface area (Å²) in [4.78, 5) is 14.6. The van der Waals surface area contributed by atoms with Crippen molar-refractivity contribution in [2.75, 3.05) is 25.1 Å². The van der Waals surface area contributed by atoms with Crippen molar-refractivity contribution in [2.45, 2.75) is 13.3 Å². The van der Waals surface area contributed by atoms with Crippen LogP contribution in [0.5, 0.6) is 0 Å². The van der Waals surface area contributed by atoms with E-state index in [1.165, 1.54) is 6.20 Å². The topological polar surface area (TPSA) is 71.5 Å². The molecule has 1 aromatic rings. The quantitative estimate of drug-likeness (QED) is 0.688. The number of hydrogen-bond acceptors (Lipinski definition) is 4. The highest BCUT2D eigenvalue weighted by atomic mass is 16.5. The van der Waals surface area contributed by atoms with E-state index in [0.717, 1.165) is 6.42 Å². The van der Waals surface area contributed by atoms with E-state index in [1.54, 1.807) is 12.3 Å². The average Bonchev–Trinajstić information content (AvgIpc) is 2.29. The molecule has 1 aromatic heterocycles. The van der Waals surface area contributed by atoms with Crippen LogP contribution >= 0.6 is 0 Å². The van der Waals surface area contributed by atoms with Crippen LogP contribution in [-0.4, -0.2) is 35.8 Å². The Morgan fingerprint density at radius 2 is 2.44 bits per heavy atom. The molecule has 0 radical (unpaired) electrons. The highest BCUT2D eigenvalue weighted by Crippen LogP contribution is 2.12.